The highest BCUT2D eigenvalue weighted by Gasteiger charge is 2.56. The number of halogens is 5. The number of carbonyl (C=O) groups excluding carboxylic acids is 1. The van der Waals surface area contributed by atoms with Gasteiger partial charge in [-0.25, -0.2) is 26.5 Å². The molecule has 7 nitrogen and oxygen atoms in total. The third kappa shape index (κ3) is 4.99. The largest absolute Gasteiger partial charge is 0.469 e. The molecule has 1 amide bonds. The van der Waals surface area contributed by atoms with Crippen LogP contribution >= 0.6 is 7.82 Å². The van der Waals surface area contributed by atoms with Crippen LogP contribution in [0.3, 0.4) is 0 Å². The van der Waals surface area contributed by atoms with E-state index in [1.807, 2.05) is 0 Å². The first-order valence-electron chi connectivity index (χ1n) is 10.8. The Morgan fingerprint density at radius 2 is 1.63 bits per heavy atom. The zero-order valence-corrected chi connectivity index (χ0v) is 19.0. The Balaban J connectivity index is 1.77. The van der Waals surface area contributed by atoms with Crippen LogP contribution in [0.25, 0.3) is 0 Å². The molecule has 0 radical (unpaired) electrons. The van der Waals surface area contributed by atoms with E-state index in [4.69, 9.17) is 0 Å². The van der Waals surface area contributed by atoms with Crippen LogP contribution in [-0.4, -0.2) is 39.8 Å². The molecule has 35 heavy (non-hydrogen) atoms. The molecule has 0 bridgehead atoms. The van der Waals surface area contributed by atoms with Crippen molar-refractivity contribution in [2.75, 3.05) is 13.2 Å². The minimum Gasteiger partial charge on any atom is -0.352 e. The fraction of sp³-hybridized carbons (Fsp3) is 0.409. The molecule has 2 aromatic carbocycles. The monoisotopic (exact) mass is 520 g/mol. The van der Waals surface area contributed by atoms with E-state index in [-0.39, 0.29) is 13.1 Å². The maximum Gasteiger partial charge on any atom is 0.469 e. The standard InChI is InChI=1S/C22H22F5N2O5P/c23-16-15(17(24)19(26)20(27)18(16)25)21-14(22(30)28-9-11-5-2-1-3-6-11)12(10-34-35(31,32)33)13-7-4-8-29(13)21/h1-3,5-6,12-14,21H,4,7-10H2,(H,28,30)(H2,31,32,33)/t12-,13-,14-,21+/m1/s1. The molecule has 0 saturated carbocycles. The molecule has 190 valence electrons. The highest BCUT2D eigenvalue weighted by atomic mass is 31.2. The minimum absolute atomic E-state index is 0.0106. The fourth-order valence-corrected chi connectivity index (χ4v) is 5.53. The van der Waals surface area contributed by atoms with Crippen molar-refractivity contribution < 1.29 is 45.6 Å². The summed E-state index contributed by atoms with van der Waals surface area (Å²) in [5.74, 6) is -13.8. The lowest BCUT2D eigenvalue weighted by atomic mass is 9.82. The summed E-state index contributed by atoms with van der Waals surface area (Å²) in [6.45, 7) is -0.457. The number of hydrogen-bond donors (Lipinski definition) is 3. The molecule has 0 spiro atoms. The number of phosphoric acid groups is 1. The van der Waals surface area contributed by atoms with Gasteiger partial charge in [-0.1, -0.05) is 30.3 Å². The van der Waals surface area contributed by atoms with Crippen LogP contribution in [0.15, 0.2) is 30.3 Å². The summed E-state index contributed by atoms with van der Waals surface area (Å²) in [5, 5.41) is 2.61. The molecule has 2 saturated heterocycles. The Kier molecular flexibility index (Phi) is 7.31. The second-order valence-corrected chi connectivity index (χ2v) is 9.79. The Labute approximate surface area is 197 Å². The number of nitrogens with one attached hydrogen (secondary N) is 1. The average Bonchev–Trinajstić information content (AvgIpc) is 3.40. The summed E-state index contributed by atoms with van der Waals surface area (Å²) < 4.78 is 87.6. The predicted octanol–water partition coefficient (Wildman–Crippen LogP) is 3.56. The summed E-state index contributed by atoms with van der Waals surface area (Å²) in [5.41, 5.74) is -0.456. The van der Waals surface area contributed by atoms with Crippen molar-refractivity contribution in [3.63, 3.8) is 0 Å². The number of hydrogen-bond acceptors (Lipinski definition) is 4. The van der Waals surface area contributed by atoms with Crippen molar-refractivity contribution in [1.29, 1.82) is 0 Å². The van der Waals surface area contributed by atoms with Gasteiger partial charge in [0.2, 0.25) is 11.7 Å². The number of rotatable bonds is 7. The summed E-state index contributed by atoms with van der Waals surface area (Å²) in [4.78, 5) is 33.2. The van der Waals surface area contributed by atoms with Gasteiger partial charge in [-0.05, 0) is 24.9 Å². The number of fused-ring (bicyclic) bond motifs is 1. The van der Waals surface area contributed by atoms with Crippen LogP contribution in [-0.2, 0) is 20.4 Å². The molecule has 4 atom stereocenters. The van der Waals surface area contributed by atoms with Crippen molar-refractivity contribution in [3.8, 4) is 0 Å². The maximum atomic E-state index is 14.9. The summed E-state index contributed by atoms with van der Waals surface area (Å²) in [6.07, 6.45) is 0.866. The molecule has 2 heterocycles. The number of amides is 1. The highest BCUT2D eigenvalue weighted by molar-refractivity contribution is 7.46. The van der Waals surface area contributed by atoms with Crippen molar-refractivity contribution in [2.24, 2.45) is 11.8 Å². The summed E-state index contributed by atoms with van der Waals surface area (Å²) in [6, 6.07) is 6.43. The van der Waals surface area contributed by atoms with Gasteiger partial charge in [0.05, 0.1) is 18.6 Å². The lowest BCUT2D eigenvalue weighted by Crippen LogP contribution is -2.39. The Morgan fingerprint density at radius 1 is 1.03 bits per heavy atom. The van der Waals surface area contributed by atoms with Crippen LogP contribution < -0.4 is 5.32 Å². The molecule has 3 N–H and O–H groups in total. The maximum absolute atomic E-state index is 14.9. The van der Waals surface area contributed by atoms with E-state index in [1.165, 1.54) is 4.90 Å². The van der Waals surface area contributed by atoms with Crippen molar-refractivity contribution in [3.05, 3.63) is 70.5 Å². The number of phosphoric ester groups is 1. The lowest BCUT2D eigenvalue weighted by molar-refractivity contribution is -0.127. The number of carbonyl (C=O) groups is 1. The average molecular weight is 520 g/mol. The summed E-state index contributed by atoms with van der Waals surface area (Å²) >= 11 is 0. The lowest BCUT2D eigenvalue weighted by Gasteiger charge is -2.28. The van der Waals surface area contributed by atoms with E-state index >= 15 is 0 Å². The third-order valence-corrected chi connectivity index (χ3v) is 7.07. The van der Waals surface area contributed by atoms with Crippen LogP contribution in [0.1, 0.15) is 30.0 Å². The zero-order valence-electron chi connectivity index (χ0n) is 18.1. The Hall–Kier alpha value is -2.37. The Morgan fingerprint density at radius 3 is 2.23 bits per heavy atom. The van der Waals surface area contributed by atoms with Gasteiger partial charge in [-0.3, -0.25) is 14.2 Å². The molecule has 13 heteroatoms. The van der Waals surface area contributed by atoms with E-state index in [0.717, 1.165) is 0 Å². The van der Waals surface area contributed by atoms with E-state index < -0.39 is 78.9 Å². The predicted molar refractivity (Wildman–Crippen MR) is 112 cm³/mol. The first-order valence-corrected chi connectivity index (χ1v) is 12.3. The van der Waals surface area contributed by atoms with Crippen LogP contribution in [0.2, 0.25) is 0 Å². The Bertz CT molecular complexity index is 1140. The van der Waals surface area contributed by atoms with Gasteiger partial charge in [0, 0.05) is 24.1 Å². The molecular weight excluding hydrogens is 498 g/mol. The minimum atomic E-state index is -4.98. The van der Waals surface area contributed by atoms with E-state index in [1.54, 1.807) is 30.3 Å². The van der Waals surface area contributed by atoms with Gasteiger partial charge >= 0.3 is 7.82 Å². The molecule has 2 aliphatic rings. The second-order valence-electron chi connectivity index (χ2n) is 8.56. The van der Waals surface area contributed by atoms with Gasteiger partial charge in [0.25, 0.3) is 0 Å². The van der Waals surface area contributed by atoms with Crippen LogP contribution in [0, 0.1) is 40.9 Å². The molecule has 2 aromatic rings. The van der Waals surface area contributed by atoms with E-state index in [2.05, 4.69) is 9.84 Å². The fourth-order valence-electron chi connectivity index (χ4n) is 5.17. The SMILES string of the molecule is O=C(NCc1ccccc1)[C@@H]1[C@H](COP(=O)(O)O)[C@H]2CCCN2[C@@H]1c1c(F)c(F)c(F)c(F)c1F. The molecule has 2 fully saturated rings. The van der Waals surface area contributed by atoms with Gasteiger partial charge < -0.3 is 15.1 Å². The van der Waals surface area contributed by atoms with Crippen molar-refractivity contribution in [1.82, 2.24) is 10.2 Å². The number of benzene rings is 2. The van der Waals surface area contributed by atoms with Gasteiger partial charge in [0.1, 0.15) is 0 Å². The van der Waals surface area contributed by atoms with Crippen molar-refractivity contribution >= 4 is 13.7 Å². The van der Waals surface area contributed by atoms with E-state index in [9.17, 15) is 41.1 Å². The van der Waals surface area contributed by atoms with Crippen molar-refractivity contribution in [2.45, 2.75) is 31.5 Å². The molecular formula is C22H22F5N2O5P. The quantitative estimate of drug-likeness (QED) is 0.224. The molecule has 0 aliphatic carbocycles. The molecule has 2 aliphatic heterocycles. The topological polar surface area (TPSA) is 99.1 Å². The van der Waals surface area contributed by atoms with Gasteiger partial charge in [-0.2, -0.15) is 0 Å². The second kappa shape index (κ2) is 9.94. The van der Waals surface area contributed by atoms with E-state index in [0.29, 0.717) is 18.4 Å². The van der Waals surface area contributed by atoms with Crippen LogP contribution in [0.5, 0.6) is 0 Å². The smallest absolute Gasteiger partial charge is 0.352 e. The normalized spacial score (nSPS) is 24.5. The zero-order chi connectivity index (χ0) is 25.5. The van der Waals surface area contributed by atoms with Gasteiger partial charge in [-0.15, -0.1) is 0 Å². The number of nitrogens with zero attached hydrogens (tertiary/aromatic N) is 1. The molecule has 0 unspecified atom stereocenters. The highest BCUT2D eigenvalue weighted by Crippen LogP contribution is 2.52. The summed E-state index contributed by atoms with van der Waals surface area (Å²) in [7, 11) is -4.98. The van der Waals surface area contributed by atoms with Crippen LogP contribution in [0.4, 0.5) is 22.0 Å². The third-order valence-electron chi connectivity index (χ3n) is 6.58. The first kappa shape index (κ1) is 25.7. The molecule has 0 aromatic heterocycles. The molecule has 4 rings (SSSR count). The van der Waals surface area contributed by atoms with Gasteiger partial charge in [0.15, 0.2) is 23.3 Å². The first-order chi connectivity index (χ1) is 16.5.